The Labute approximate surface area is 129 Å². The number of nitrogens with two attached hydrogens (primary N) is 1. The van der Waals surface area contributed by atoms with E-state index in [1.165, 1.54) is 5.56 Å². The van der Waals surface area contributed by atoms with Crippen LogP contribution in [-0.4, -0.2) is 28.2 Å². The maximum absolute atomic E-state index is 6.27. The van der Waals surface area contributed by atoms with Crippen molar-refractivity contribution >= 4 is 5.69 Å². The quantitative estimate of drug-likeness (QED) is 0.857. The predicted octanol–water partition coefficient (Wildman–Crippen LogP) is 3.83. The number of nitrogens with zero attached hydrogens (tertiary/aromatic N) is 1. The molecule has 3 heteroatoms. The molecule has 1 fully saturated rings. The molecule has 0 bridgehead atoms. The Bertz CT molecular complexity index is 494. The van der Waals surface area contributed by atoms with Crippen molar-refractivity contribution in [3.63, 3.8) is 0 Å². The zero-order valence-electron chi connectivity index (χ0n) is 14.3. The summed E-state index contributed by atoms with van der Waals surface area (Å²) >= 11 is 0. The van der Waals surface area contributed by atoms with Gasteiger partial charge in [-0.15, -0.1) is 0 Å². The summed E-state index contributed by atoms with van der Waals surface area (Å²) in [5.74, 6) is 0. The monoisotopic (exact) mass is 290 g/mol. The number of nitrogen functional groups attached to an aromatic ring is 1. The highest BCUT2D eigenvalue weighted by Gasteiger charge is 2.48. The number of ether oxygens (including phenoxy) is 1. The third-order valence-electron chi connectivity index (χ3n) is 4.50. The van der Waals surface area contributed by atoms with E-state index >= 15 is 0 Å². The van der Waals surface area contributed by atoms with Crippen LogP contribution in [0, 0.1) is 0 Å². The Morgan fingerprint density at radius 1 is 1.24 bits per heavy atom. The van der Waals surface area contributed by atoms with Crippen LogP contribution in [0.2, 0.25) is 0 Å². The van der Waals surface area contributed by atoms with E-state index in [0.717, 1.165) is 18.7 Å². The lowest BCUT2D eigenvalue weighted by molar-refractivity contribution is -0.0840. The van der Waals surface area contributed by atoms with Crippen LogP contribution >= 0.6 is 0 Å². The van der Waals surface area contributed by atoms with E-state index in [2.05, 4.69) is 58.6 Å². The van der Waals surface area contributed by atoms with Gasteiger partial charge in [0.05, 0.1) is 11.2 Å². The van der Waals surface area contributed by atoms with Gasteiger partial charge in [-0.2, -0.15) is 0 Å². The molecule has 21 heavy (non-hydrogen) atoms. The molecule has 0 spiro atoms. The van der Waals surface area contributed by atoms with Gasteiger partial charge in [-0.3, -0.25) is 4.90 Å². The summed E-state index contributed by atoms with van der Waals surface area (Å²) < 4.78 is 6.27. The third kappa shape index (κ3) is 3.58. The summed E-state index contributed by atoms with van der Waals surface area (Å²) in [5.41, 5.74) is 8.00. The Kier molecular flexibility index (Phi) is 4.36. The smallest absolute Gasteiger partial charge is 0.0789 e. The lowest BCUT2D eigenvalue weighted by atomic mass is 9.91. The predicted molar refractivity (Wildman–Crippen MR) is 89.2 cm³/mol. The standard InChI is InChI=1S/C18H30N2O/c1-13(2)20(12-14-9-7-8-10-15(14)19)16-11-17(3,4)21-18(16,5)6/h7-10,13,16H,11-12,19H2,1-6H3. The maximum atomic E-state index is 6.27. The minimum atomic E-state index is -0.142. The van der Waals surface area contributed by atoms with Crippen molar-refractivity contribution in [2.75, 3.05) is 5.73 Å². The van der Waals surface area contributed by atoms with Crippen LogP contribution in [0.5, 0.6) is 0 Å². The number of hydrogen-bond acceptors (Lipinski definition) is 3. The summed E-state index contributed by atoms with van der Waals surface area (Å²) in [7, 11) is 0. The highest BCUT2D eigenvalue weighted by molar-refractivity contribution is 5.46. The van der Waals surface area contributed by atoms with Crippen molar-refractivity contribution in [1.29, 1.82) is 0 Å². The van der Waals surface area contributed by atoms with Gasteiger partial charge in [0.15, 0.2) is 0 Å². The van der Waals surface area contributed by atoms with Crippen LogP contribution in [0.4, 0.5) is 5.69 Å². The van der Waals surface area contributed by atoms with Crippen molar-refractivity contribution in [3.8, 4) is 0 Å². The molecule has 0 aromatic heterocycles. The summed E-state index contributed by atoms with van der Waals surface area (Å²) in [6, 6.07) is 9.00. The van der Waals surface area contributed by atoms with Crippen molar-refractivity contribution in [1.82, 2.24) is 4.90 Å². The minimum absolute atomic E-state index is 0.0659. The lowest BCUT2D eigenvalue weighted by Gasteiger charge is -2.39. The normalized spacial score (nSPS) is 23.9. The van der Waals surface area contributed by atoms with Crippen LogP contribution in [-0.2, 0) is 11.3 Å². The van der Waals surface area contributed by atoms with E-state index in [1.54, 1.807) is 0 Å². The molecule has 1 atom stereocenters. The molecule has 118 valence electrons. The number of para-hydroxylation sites is 1. The molecule has 1 unspecified atom stereocenters. The highest BCUT2D eigenvalue weighted by atomic mass is 16.5. The largest absolute Gasteiger partial charge is 0.398 e. The highest BCUT2D eigenvalue weighted by Crippen LogP contribution is 2.41. The Morgan fingerprint density at radius 3 is 2.33 bits per heavy atom. The number of benzene rings is 1. The van der Waals surface area contributed by atoms with Gasteiger partial charge in [-0.1, -0.05) is 18.2 Å². The molecular formula is C18H30N2O. The fourth-order valence-corrected chi connectivity index (χ4v) is 3.58. The fraction of sp³-hybridized carbons (Fsp3) is 0.667. The van der Waals surface area contributed by atoms with Crippen LogP contribution in [0.25, 0.3) is 0 Å². The molecule has 1 aromatic carbocycles. The van der Waals surface area contributed by atoms with Crippen molar-refractivity contribution < 1.29 is 4.74 Å². The summed E-state index contributed by atoms with van der Waals surface area (Å²) in [6.07, 6.45) is 1.05. The first-order valence-corrected chi connectivity index (χ1v) is 7.92. The average Bonchev–Trinajstić information content (AvgIpc) is 2.55. The SMILES string of the molecule is CC(C)N(Cc1ccccc1N)C1CC(C)(C)OC1(C)C. The van der Waals surface area contributed by atoms with Gasteiger partial charge in [-0.25, -0.2) is 0 Å². The number of hydrogen-bond donors (Lipinski definition) is 1. The molecule has 1 saturated heterocycles. The minimum Gasteiger partial charge on any atom is -0.398 e. The zero-order chi connectivity index (χ0) is 15.8. The molecule has 1 heterocycles. The van der Waals surface area contributed by atoms with E-state index in [0.29, 0.717) is 12.1 Å². The number of anilines is 1. The van der Waals surface area contributed by atoms with Crippen molar-refractivity contribution in [3.05, 3.63) is 29.8 Å². The fourth-order valence-electron chi connectivity index (χ4n) is 3.58. The Balaban J connectivity index is 2.26. The van der Waals surface area contributed by atoms with E-state index in [-0.39, 0.29) is 11.2 Å². The van der Waals surface area contributed by atoms with E-state index < -0.39 is 0 Å². The molecule has 1 aliphatic rings. The number of rotatable bonds is 4. The molecule has 1 aromatic rings. The Morgan fingerprint density at radius 2 is 1.86 bits per heavy atom. The summed E-state index contributed by atoms with van der Waals surface area (Å²) in [5, 5.41) is 0. The van der Waals surface area contributed by atoms with E-state index in [9.17, 15) is 0 Å². The van der Waals surface area contributed by atoms with Crippen LogP contribution < -0.4 is 5.73 Å². The second kappa shape index (κ2) is 5.62. The molecule has 2 rings (SSSR count). The molecule has 0 aliphatic carbocycles. The van der Waals surface area contributed by atoms with Crippen LogP contribution in [0.1, 0.15) is 53.5 Å². The topological polar surface area (TPSA) is 38.5 Å². The van der Waals surface area contributed by atoms with E-state index in [1.807, 2.05) is 12.1 Å². The molecule has 0 saturated carbocycles. The summed E-state index contributed by atoms with van der Waals surface area (Å²) in [4.78, 5) is 2.53. The van der Waals surface area contributed by atoms with Gasteiger partial charge >= 0.3 is 0 Å². The summed E-state index contributed by atoms with van der Waals surface area (Å²) in [6.45, 7) is 14.2. The average molecular weight is 290 g/mol. The first-order valence-electron chi connectivity index (χ1n) is 7.92. The van der Waals surface area contributed by atoms with Gasteiger partial charge in [-0.05, 0) is 59.6 Å². The Hall–Kier alpha value is -1.06. The van der Waals surface area contributed by atoms with Gasteiger partial charge < -0.3 is 10.5 Å². The van der Waals surface area contributed by atoms with Gasteiger partial charge in [0.2, 0.25) is 0 Å². The molecule has 2 N–H and O–H groups in total. The zero-order valence-corrected chi connectivity index (χ0v) is 14.3. The molecule has 3 nitrogen and oxygen atoms in total. The molecule has 1 aliphatic heterocycles. The second-order valence-electron chi connectivity index (χ2n) is 7.65. The van der Waals surface area contributed by atoms with Gasteiger partial charge in [0, 0.05) is 24.3 Å². The molecule has 0 radical (unpaired) electrons. The van der Waals surface area contributed by atoms with Crippen LogP contribution in [0.3, 0.4) is 0 Å². The first kappa shape index (κ1) is 16.3. The molecule has 0 amide bonds. The van der Waals surface area contributed by atoms with Gasteiger partial charge in [0.25, 0.3) is 0 Å². The van der Waals surface area contributed by atoms with E-state index in [4.69, 9.17) is 10.5 Å². The maximum Gasteiger partial charge on any atom is 0.0789 e. The first-order chi connectivity index (χ1) is 9.62. The second-order valence-corrected chi connectivity index (χ2v) is 7.65. The van der Waals surface area contributed by atoms with Gasteiger partial charge in [0.1, 0.15) is 0 Å². The molecular weight excluding hydrogens is 260 g/mol. The van der Waals surface area contributed by atoms with Crippen LogP contribution in [0.15, 0.2) is 24.3 Å². The third-order valence-corrected chi connectivity index (χ3v) is 4.50. The lowest BCUT2D eigenvalue weighted by Crippen LogP contribution is -2.49. The van der Waals surface area contributed by atoms with Crippen molar-refractivity contribution in [2.24, 2.45) is 0 Å². The van der Waals surface area contributed by atoms with Crippen molar-refractivity contribution in [2.45, 2.75) is 77.8 Å².